The minimum absolute atomic E-state index is 0.138. The molecule has 1 rings (SSSR count). The number of nitrogens with zero attached hydrogens (tertiary/aromatic N) is 3. The summed E-state index contributed by atoms with van der Waals surface area (Å²) in [6, 6.07) is 0. The molecular formula is C8H10ClN3O3. The normalized spacial score (nSPS) is 10.3. The molecule has 0 aliphatic rings. The summed E-state index contributed by atoms with van der Waals surface area (Å²) in [7, 11) is 0. The quantitative estimate of drug-likeness (QED) is 0.450. The molecule has 0 bridgehead atoms. The van der Waals surface area contributed by atoms with Crippen molar-refractivity contribution in [3.8, 4) is 0 Å². The molecule has 0 saturated heterocycles. The van der Waals surface area contributed by atoms with Gasteiger partial charge in [-0.05, 0) is 24.9 Å². The lowest BCUT2D eigenvalue weighted by Crippen LogP contribution is -2.08. The van der Waals surface area contributed by atoms with Crippen LogP contribution in [0.15, 0.2) is 0 Å². The zero-order valence-electron chi connectivity index (χ0n) is 8.36. The fourth-order valence-electron chi connectivity index (χ4n) is 1.36. The Labute approximate surface area is 91.0 Å². The van der Waals surface area contributed by atoms with Gasteiger partial charge in [-0.15, -0.1) is 0 Å². The molecule has 0 N–H and O–H groups in total. The summed E-state index contributed by atoms with van der Waals surface area (Å²) in [5, 5.41) is 13.8. The van der Waals surface area contributed by atoms with Crippen molar-refractivity contribution in [2.24, 2.45) is 0 Å². The molecular weight excluding hydrogens is 222 g/mol. The third-order valence-electron chi connectivity index (χ3n) is 1.90. The lowest BCUT2D eigenvalue weighted by Gasteiger charge is -1.99. The highest BCUT2D eigenvalue weighted by atomic mass is 35.5. The number of hydrogen-bond donors (Lipinski definition) is 0. The maximum Gasteiger partial charge on any atom is 0.322 e. The molecule has 0 saturated carbocycles. The largest absolute Gasteiger partial charge is 0.322 e. The predicted octanol–water partition coefficient (Wildman–Crippen LogP) is 1.89. The van der Waals surface area contributed by atoms with Gasteiger partial charge in [-0.25, -0.2) is 0 Å². The van der Waals surface area contributed by atoms with Gasteiger partial charge in [-0.2, -0.15) is 5.10 Å². The molecule has 1 aromatic rings. The Morgan fingerprint density at radius 1 is 1.67 bits per heavy atom. The van der Waals surface area contributed by atoms with Gasteiger partial charge in [0.05, 0.1) is 4.92 Å². The van der Waals surface area contributed by atoms with Gasteiger partial charge in [0.2, 0.25) is 0 Å². The summed E-state index contributed by atoms with van der Waals surface area (Å²) in [6.07, 6.45) is 0.718. The van der Waals surface area contributed by atoms with Gasteiger partial charge in [0.25, 0.3) is 5.24 Å². The van der Waals surface area contributed by atoms with Crippen LogP contribution in [0.2, 0.25) is 0 Å². The number of rotatable bonds is 4. The van der Waals surface area contributed by atoms with Crippen LogP contribution in [0.3, 0.4) is 0 Å². The Morgan fingerprint density at radius 3 is 2.67 bits per heavy atom. The lowest BCUT2D eigenvalue weighted by atomic mass is 10.3. The van der Waals surface area contributed by atoms with E-state index in [4.69, 9.17) is 11.6 Å². The van der Waals surface area contributed by atoms with Crippen molar-refractivity contribution >= 4 is 22.5 Å². The fraction of sp³-hybridized carbons (Fsp3) is 0.500. The Bertz CT molecular complexity index is 414. The van der Waals surface area contributed by atoms with Crippen molar-refractivity contribution in [3.05, 3.63) is 21.5 Å². The predicted molar refractivity (Wildman–Crippen MR) is 54.1 cm³/mol. The second kappa shape index (κ2) is 4.39. The first kappa shape index (κ1) is 11.6. The molecule has 0 aromatic carbocycles. The second-order valence-corrected chi connectivity index (χ2v) is 3.38. The monoisotopic (exact) mass is 231 g/mol. The van der Waals surface area contributed by atoms with Crippen LogP contribution >= 0.6 is 11.6 Å². The third kappa shape index (κ3) is 2.15. The topological polar surface area (TPSA) is 78.0 Å². The Kier molecular flexibility index (Phi) is 3.41. The number of carbonyl (C=O) groups excluding carboxylic acids is 1. The average molecular weight is 232 g/mol. The number of hydrogen-bond acceptors (Lipinski definition) is 4. The summed E-state index contributed by atoms with van der Waals surface area (Å²) >= 11 is 5.30. The Morgan fingerprint density at radius 2 is 2.27 bits per heavy atom. The second-order valence-electron chi connectivity index (χ2n) is 3.04. The van der Waals surface area contributed by atoms with E-state index in [1.165, 1.54) is 11.6 Å². The SMILES string of the molecule is CCCn1nc(C)c([N+](=O)[O-])c1C(=O)Cl. The van der Waals surface area contributed by atoms with E-state index >= 15 is 0 Å². The first-order valence-corrected chi connectivity index (χ1v) is 4.78. The van der Waals surface area contributed by atoms with Crippen LogP contribution in [0.4, 0.5) is 5.69 Å². The van der Waals surface area contributed by atoms with Gasteiger partial charge in [0, 0.05) is 6.54 Å². The molecule has 0 amide bonds. The molecule has 6 nitrogen and oxygen atoms in total. The van der Waals surface area contributed by atoms with Crippen molar-refractivity contribution in [1.29, 1.82) is 0 Å². The molecule has 0 fully saturated rings. The standard InChI is InChI=1S/C8H10ClN3O3/c1-3-4-11-7(8(9)13)6(12(14)15)5(2)10-11/h3-4H2,1-2H3. The summed E-state index contributed by atoms with van der Waals surface area (Å²) in [6.45, 7) is 3.79. The van der Waals surface area contributed by atoms with Crippen LogP contribution in [0.1, 0.15) is 29.5 Å². The van der Waals surface area contributed by atoms with E-state index in [0.717, 1.165) is 6.42 Å². The smallest absolute Gasteiger partial charge is 0.274 e. The van der Waals surface area contributed by atoms with Crippen LogP contribution in [-0.2, 0) is 6.54 Å². The number of halogens is 1. The van der Waals surface area contributed by atoms with E-state index in [1.54, 1.807) is 0 Å². The minimum atomic E-state index is -0.851. The highest BCUT2D eigenvalue weighted by Gasteiger charge is 2.28. The Hall–Kier alpha value is -1.43. The van der Waals surface area contributed by atoms with Gasteiger partial charge >= 0.3 is 5.69 Å². The molecule has 0 unspecified atom stereocenters. The van der Waals surface area contributed by atoms with Crippen LogP contribution in [-0.4, -0.2) is 19.9 Å². The molecule has 0 atom stereocenters. The zero-order chi connectivity index (χ0) is 11.6. The van der Waals surface area contributed by atoms with Gasteiger partial charge < -0.3 is 0 Å². The van der Waals surface area contributed by atoms with Gasteiger partial charge in [-0.3, -0.25) is 19.6 Å². The molecule has 0 spiro atoms. The van der Waals surface area contributed by atoms with E-state index in [2.05, 4.69) is 5.10 Å². The van der Waals surface area contributed by atoms with Crippen molar-refractivity contribution in [2.45, 2.75) is 26.8 Å². The highest BCUT2D eigenvalue weighted by molar-refractivity contribution is 6.68. The van der Waals surface area contributed by atoms with Crippen LogP contribution in [0.5, 0.6) is 0 Å². The number of aromatic nitrogens is 2. The average Bonchev–Trinajstić information content (AvgIpc) is 2.42. The number of carbonyl (C=O) groups is 1. The van der Waals surface area contributed by atoms with Crippen LogP contribution in [0.25, 0.3) is 0 Å². The van der Waals surface area contributed by atoms with Gasteiger partial charge in [-0.1, -0.05) is 6.92 Å². The molecule has 0 radical (unpaired) electrons. The summed E-state index contributed by atoms with van der Waals surface area (Å²) in [5.74, 6) is 0. The van der Waals surface area contributed by atoms with Crippen molar-refractivity contribution in [3.63, 3.8) is 0 Å². The summed E-state index contributed by atoms with van der Waals surface area (Å²) in [4.78, 5) is 21.2. The summed E-state index contributed by atoms with van der Waals surface area (Å²) in [5.41, 5.74) is -0.234. The first-order valence-electron chi connectivity index (χ1n) is 4.40. The van der Waals surface area contributed by atoms with E-state index in [0.29, 0.717) is 6.54 Å². The minimum Gasteiger partial charge on any atom is -0.274 e. The van der Waals surface area contributed by atoms with Crippen LogP contribution < -0.4 is 0 Å². The maximum absolute atomic E-state index is 11.1. The molecule has 0 aliphatic heterocycles. The lowest BCUT2D eigenvalue weighted by molar-refractivity contribution is -0.385. The molecule has 1 heterocycles. The zero-order valence-corrected chi connectivity index (χ0v) is 9.11. The summed E-state index contributed by atoms with van der Waals surface area (Å²) < 4.78 is 1.28. The molecule has 1 aromatic heterocycles. The van der Waals surface area contributed by atoms with Gasteiger partial charge in [0.15, 0.2) is 5.69 Å². The number of nitro groups is 1. The third-order valence-corrected chi connectivity index (χ3v) is 2.08. The van der Waals surface area contributed by atoms with E-state index in [9.17, 15) is 14.9 Å². The van der Waals surface area contributed by atoms with E-state index in [-0.39, 0.29) is 17.1 Å². The number of aryl methyl sites for hydroxylation is 2. The molecule has 82 valence electrons. The molecule has 7 heteroatoms. The molecule has 15 heavy (non-hydrogen) atoms. The maximum atomic E-state index is 11.1. The first-order chi connectivity index (χ1) is 6.99. The van der Waals surface area contributed by atoms with Crippen molar-refractivity contribution in [1.82, 2.24) is 9.78 Å². The van der Waals surface area contributed by atoms with E-state index in [1.807, 2.05) is 6.92 Å². The van der Waals surface area contributed by atoms with Gasteiger partial charge in [0.1, 0.15) is 5.69 Å². The fourth-order valence-corrected chi connectivity index (χ4v) is 1.55. The van der Waals surface area contributed by atoms with Crippen molar-refractivity contribution in [2.75, 3.05) is 0 Å². The van der Waals surface area contributed by atoms with E-state index < -0.39 is 10.2 Å². The molecule has 0 aliphatic carbocycles. The Balaban J connectivity index is 3.37. The van der Waals surface area contributed by atoms with Crippen molar-refractivity contribution < 1.29 is 9.72 Å². The highest BCUT2D eigenvalue weighted by Crippen LogP contribution is 2.24. The van der Waals surface area contributed by atoms with Crippen LogP contribution in [0, 0.1) is 17.0 Å².